The van der Waals surface area contributed by atoms with Gasteiger partial charge < -0.3 is 15.0 Å². The first-order chi connectivity index (χ1) is 12.1. The van der Waals surface area contributed by atoms with Crippen molar-refractivity contribution in [1.82, 2.24) is 25.1 Å². The Bertz CT molecular complexity index is 873. The molecule has 0 saturated heterocycles. The van der Waals surface area contributed by atoms with Crippen molar-refractivity contribution in [3.63, 3.8) is 0 Å². The average Bonchev–Trinajstić information content (AvgIpc) is 3.18. The highest BCUT2D eigenvalue weighted by atomic mass is 19.1. The van der Waals surface area contributed by atoms with Crippen molar-refractivity contribution in [2.75, 3.05) is 6.61 Å². The van der Waals surface area contributed by atoms with Gasteiger partial charge in [-0.15, -0.1) is 0 Å². The Morgan fingerprint density at radius 2 is 2.28 bits per heavy atom. The van der Waals surface area contributed by atoms with Crippen LogP contribution in [0.2, 0.25) is 0 Å². The number of hydrogen-bond acceptors (Lipinski definition) is 4. The highest BCUT2D eigenvalue weighted by Gasteiger charge is 2.16. The molecule has 3 aromatic rings. The highest BCUT2D eigenvalue weighted by molar-refractivity contribution is 5.77. The Kier molecular flexibility index (Phi) is 5.08. The summed E-state index contributed by atoms with van der Waals surface area (Å²) in [4.78, 5) is 19.3. The zero-order chi connectivity index (χ0) is 17.8. The lowest BCUT2D eigenvalue weighted by molar-refractivity contribution is -0.127. The first kappa shape index (κ1) is 17.1. The number of imidazole rings is 1. The molecule has 3 rings (SSSR count). The summed E-state index contributed by atoms with van der Waals surface area (Å²) < 4.78 is 20.3. The summed E-state index contributed by atoms with van der Waals surface area (Å²) in [5.74, 6) is 0.00560. The summed E-state index contributed by atoms with van der Waals surface area (Å²) in [6.45, 7) is 2.05. The number of fused-ring (bicyclic) bond motifs is 1. The zero-order valence-corrected chi connectivity index (χ0v) is 14.1. The molecule has 0 aliphatic carbocycles. The van der Waals surface area contributed by atoms with E-state index in [9.17, 15) is 9.18 Å². The maximum atomic E-state index is 13.2. The SMILES string of the molecule is CCC(NC(=O)COCc1nc2ccc(F)cc2[nH]1)c1ccnn1C. The molecule has 2 heterocycles. The molecule has 132 valence electrons. The summed E-state index contributed by atoms with van der Waals surface area (Å²) in [6, 6.07) is 6.08. The fourth-order valence-corrected chi connectivity index (χ4v) is 2.69. The summed E-state index contributed by atoms with van der Waals surface area (Å²) in [7, 11) is 1.84. The second-order valence-corrected chi connectivity index (χ2v) is 5.75. The largest absolute Gasteiger partial charge is 0.364 e. The predicted octanol–water partition coefficient (Wildman–Crippen LogP) is 2.22. The van der Waals surface area contributed by atoms with Crippen LogP contribution in [0, 0.1) is 5.82 Å². The lowest BCUT2D eigenvalue weighted by atomic mass is 10.1. The number of nitrogens with zero attached hydrogens (tertiary/aromatic N) is 3. The van der Waals surface area contributed by atoms with Crippen molar-refractivity contribution in [3.8, 4) is 0 Å². The van der Waals surface area contributed by atoms with Crippen LogP contribution in [0.5, 0.6) is 0 Å². The van der Waals surface area contributed by atoms with Crippen molar-refractivity contribution in [2.24, 2.45) is 7.05 Å². The number of H-pyrrole nitrogens is 1. The van der Waals surface area contributed by atoms with Gasteiger partial charge in [0.2, 0.25) is 5.91 Å². The lowest BCUT2D eigenvalue weighted by Gasteiger charge is -2.17. The molecule has 1 unspecified atom stereocenters. The van der Waals surface area contributed by atoms with Gasteiger partial charge in [-0.1, -0.05) is 6.92 Å². The molecule has 1 aromatic carbocycles. The molecule has 25 heavy (non-hydrogen) atoms. The number of carbonyl (C=O) groups excluding carboxylic acids is 1. The third-order valence-corrected chi connectivity index (χ3v) is 3.92. The zero-order valence-electron chi connectivity index (χ0n) is 14.1. The Balaban J connectivity index is 1.52. The Labute approximate surface area is 144 Å². The van der Waals surface area contributed by atoms with Gasteiger partial charge in [0.1, 0.15) is 24.9 Å². The maximum Gasteiger partial charge on any atom is 0.246 e. The van der Waals surface area contributed by atoms with Crippen LogP contribution in [-0.4, -0.2) is 32.3 Å². The predicted molar refractivity (Wildman–Crippen MR) is 90.1 cm³/mol. The third-order valence-electron chi connectivity index (χ3n) is 3.92. The van der Waals surface area contributed by atoms with E-state index >= 15 is 0 Å². The van der Waals surface area contributed by atoms with Gasteiger partial charge in [-0.25, -0.2) is 9.37 Å². The minimum Gasteiger partial charge on any atom is -0.364 e. The molecular formula is C17H20FN5O2. The molecule has 8 heteroatoms. The van der Waals surface area contributed by atoms with Gasteiger partial charge in [0, 0.05) is 13.2 Å². The number of ether oxygens (including phenoxy) is 1. The fourth-order valence-electron chi connectivity index (χ4n) is 2.69. The molecule has 7 nitrogen and oxygen atoms in total. The first-order valence-electron chi connectivity index (χ1n) is 8.06. The van der Waals surface area contributed by atoms with Crippen molar-refractivity contribution in [1.29, 1.82) is 0 Å². The highest BCUT2D eigenvalue weighted by Crippen LogP contribution is 2.15. The summed E-state index contributed by atoms with van der Waals surface area (Å²) in [6.07, 6.45) is 2.45. The smallest absolute Gasteiger partial charge is 0.246 e. The van der Waals surface area contributed by atoms with E-state index in [1.165, 1.54) is 12.1 Å². The van der Waals surface area contributed by atoms with E-state index in [1.807, 2.05) is 20.0 Å². The summed E-state index contributed by atoms with van der Waals surface area (Å²) in [5.41, 5.74) is 2.20. The van der Waals surface area contributed by atoms with E-state index in [0.29, 0.717) is 16.9 Å². The monoisotopic (exact) mass is 345 g/mol. The van der Waals surface area contributed by atoms with E-state index in [4.69, 9.17) is 4.74 Å². The van der Waals surface area contributed by atoms with Crippen LogP contribution >= 0.6 is 0 Å². The van der Waals surface area contributed by atoms with E-state index in [-0.39, 0.29) is 31.0 Å². The van der Waals surface area contributed by atoms with Crippen LogP contribution in [0.15, 0.2) is 30.5 Å². The number of amides is 1. The molecule has 0 aliphatic rings. The number of aromatic nitrogens is 4. The van der Waals surface area contributed by atoms with E-state index in [0.717, 1.165) is 12.1 Å². The molecule has 2 N–H and O–H groups in total. The van der Waals surface area contributed by atoms with Gasteiger partial charge in [0.05, 0.1) is 22.8 Å². The first-order valence-corrected chi connectivity index (χ1v) is 8.06. The molecule has 1 amide bonds. The molecule has 0 saturated carbocycles. The van der Waals surface area contributed by atoms with Crippen LogP contribution in [0.1, 0.15) is 30.9 Å². The molecule has 2 aromatic heterocycles. The van der Waals surface area contributed by atoms with Crippen LogP contribution in [0.3, 0.4) is 0 Å². The van der Waals surface area contributed by atoms with Crippen molar-refractivity contribution < 1.29 is 13.9 Å². The number of hydrogen-bond donors (Lipinski definition) is 2. The molecule has 0 aliphatic heterocycles. The van der Waals surface area contributed by atoms with Crippen LogP contribution < -0.4 is 5.32 Å². The topological polar surface area (TPSA) is 84.8 Å². The van der Waals surface area contributed by atoms with E-state index in [1.54, 1.807) is 16.9 Å². The summed E-state index contributed by atoms with van der Waals surface area (Å²) >= 11 is 0. The van der Waals surface area contributed by atoms with Crippen LogP contribution in [-0.2, 0) is 23.2 Å². The van der Waals surface area contributed by atoms with E-state index < -0.39 is 0 Å². The van der Waals surface area contributed by atoms with Gasteiger partial charge in [-0.2, -0.15) is 5.10 Å². The number of nitrogens with one attached hydrogen (secondary N) is 2. The number of aryl methyl sites for hydroxylation is 1. The molecule has 0 spiro atoms. The van der Waals surface area contributed by atoms with Crippen LogP contribution in [0.4, 0.5) is 4.39 Å². The van der Waals surface area contributed by atoms with Crippen molar-refractivity contribution in [2.45, 2.75) is 26.0 Å². The maximum absolute atomic E-state index is 13.2. The quantitative estimate of drug-likeness (QED) is 0.688. The normalized spacial score (nSPS) is 12.4. The number of aromatic amines is 1. The Morgan fingerprint density at radius 3 is 3.00 bits per heavy atom. The van der Waals surface area contributed by atoms with Gasteiger partial charge in [-0.3, -0.25) is 9.48 Å². The molecule has 0 bridgehead atoms. The van der Waals surface area contributed by atoms with Gasteiger partial charge in [-0.05, 0) is 30.7 Å². The molecule has 0 fully saturated rings. The third kappa shape index (κ3) is 4.03. The number of benzene rings is 1. The lowest BCUT2D eigenvalue weighted by Crippen LogP contribution is -2.32. The molecule has 0 radical (unpaired) electrons. The second-order valence-electron chi connectivity index (χ2n) is 5.75. The number of halogens is 1. The number of rotatable bonds is 7. The Hall–Kier alpha value is -2.74. The van der Waals surface area contributed by atoms with Gasteiger partial charge >= 0.3 is 0 Å². The van der Waals surface area contributed by atoms with Crippen LogP contribution in [0.25, 0.3) is 11.0 Å². The van der Waals surface area contributed by atoms with Gasteiger partial charge in [0.15, 0.2) is 0 Å². The van der Waals surface area contributed by atoms with Gasteiger partial charge in [0.25, 0.3) is 0 Å². The Morgan fingerprint density at radius 1 is 1.44 bits per heavy atom. The summed E-state index contributed by atoms with van der Waals surface area (Å²) in [5, 5.41) is 7.04. The minimum atomic E-state index is -0.330. The average molecular weight is 345 g/mol. The van der Waals surface area contributed by atoms with Crippen molar-refractivity contribution >= 4 is 16.9 Å². The fraction of sp³-hybridized carbons (Fsp3) is 0.353. The second kappa shape index (κ2) is 7.43. The molecular weight excluding hydrogens is 325 g/mol. The van der Waals surface area contributed by atoms with E-state index in [2.05, 4.69) is 20.4 Å². The molecule has 1 atom stereocenters. The van der Waals surface area contributed by atoms with Crippen molar-refractivity contribution in [3.05, 3.63) is 47.8 Å². The number of carbonyl (C=O) groups is 1. The standard InChI is InChI=1S/C17H20FN5O2/c1-3-12(15-6-7-19-23(15)2)22-17(24)10-25-9-16-20-13-5-4-11(18)8-14(13)21-16/h4-8,12H,3,9-10H2,1-2H3,(H,20,21)(H,22,24). The minimum absolute atomic E-state index is 0.0836.